The number of nitrogens with zero attached hydrogens (tertiary/aromatic N) is 1. The Balaban J connectivity index is 1.93. The zero-order valence-electron chi connectivity index (χ0n) is 11.3. The lowest BCUT2D eigenvalue weighted by Gasteiger charge is -2.08. The highest BCUT2D eigenvalue weighted by atomic mass is 35.5. The van der Waals surface area contributed by atoms with Crippen LogP contribution in [-0.2, 0) is 0 Å². The van der Waals surface area contributed by atoms with Gasteiger partial charge < -0.3 is 10.4 Å². The molecule has 0 atom stereocenters. The summed E-state index contributed by atoms with van der Waals surface area (Å²) in [6.07, 6.45) is 1.48. The normalized spacial score (nSPS) is 10.6. The van der Waals surface area contributed by atoms with E-state index in [1.165, 1.54) is 18.3 Å². The van der Waals surface area contributed by atoms with Crippen molar-refractivity contribution < 1.29 is 9.90 Å². The Morgan fingerprint density at radius 3 is 2.67 bits per heavy atom. The number of urea groups is 1. The van der Waals surface area contributed by atoms with Gasteiger partial charge in [0.15, 0.2) is 0 Å². The number of phenolic OH excluding ortho intramolecular Hbond substituents is 1. The van der Waals surface area contributed by atoms with Crippen molar-refractivity contribution in [2.75, 3.05) is 5.32 Å². The molecule has 2 aromatic carbocycles. The zero-order chi connectivity index (χ0) is 15.2. The second-order valence-corrected chi connectivity index (χ2v) is 4.74. The number of halogens is 1. The molecular weight excluding hydrogens is 290 g/mol. The maximum atomic E-state index is 11.7. The molecule has 0 aliphatic heterocycles. The van der Waals surface area contributed by atoms with Gasteiger partial charge in [-0.05, 0) is 54.4 Å². The molecule has 0 spiro atoms. The lowest BCUT2D eigenvalue weighted by molar-refractivity contribution is 0.252. The Kier molecular flexibility index (Phi) is 4.79. The average molecular weight is 304 g/mol. The predicted octanol–water partition coefficient (Wildman–Crippen LogP) is 3.51. The fourth-order valence-electron chi connectivity index (χ4n) is 1.62. The van der Waals surface area contributed by atoms with Crippen molar-refractivity contribution in [3.05, 3.63) is 58.6 Å². The van der Waals surface area contributed by atoms with Crippen molar-refractivity contribution in [3.8, 4) is 5.75 Å². The molecule has 2 rings (SSSR count). The minimum atomic E-state index is -0.463. The molecule has 0 bridgehead atoms. The maximum absolute atomic E-state index is 11.7. The largest absolute Gasteiger partial charge is 0.508 e. The summed E-state index contributed by atoms with van der Waals surface area (Å²) in [5.74, 6) is 0.175. The molecule has 108 valence electrons. The maximum Gasteiger partial charge on any atom is 0.339 e. The molecule has 0 saturated carbocycles. The number of benzene rings is 2. The standard InChI is InChI=1S/C15H14ClN3O2/c1-10-13(16)3-2-4-14(10)18-15(21)19-17-9-11-5-7-12(20)8-6-11/h2-9,20H,1H3,(H2,18,19,21)/b17-9+. The summed E-state index contributed by atoms with van der Waals surface area (Å²) in [7, 11) is 0. The third-order valence-electron chi connectivity index (χ3n) is 2.79. The summed E-state index contributed by atoms with van der Waals surface area (Å²) in [6.45, 7) is 1.82. The highest BCUT2D eigenvalue weighted by molar-refractivity contribution is 6.31. The highest BCUT2D eigenvalue weighted by Crippen LogP contribution is 2.22. The van der Waals surface area contributed by atoms with Gasteiger partial charge in [0, 0.05) is 10.7 Å². The van der Waals surface area contributed by atoms with E-state index in [9.17, 15) is 4.79 Å². The van der Waals surface area contributed by atoms with Gasteiger partial charge in [-0.3, -0.25) is 0 Å². The second kappa shape index (κ2) is 6.76. The van der Waals surface area contributed by atoms with Crippen LogP contribution in [0.15, 0.2) is 47.6 Å². The van der Waals surface area contributed by atoms with Gasteiger partial charge >= 0.3 is 6.03 Å². The number of rotatable bonds is 3. The minimum Gasteiger partial charge on any atom is -0.508 e. The number of nitrogens with one attached hydrogen (secondary N) is 2. The number of carbonyl (C=O) groups is 1. The minimum absolute atomic E-state index is 0.175. The topological polar surface area (TPSA) is 73.7 Å². The van der Waals surface area contributed by atoms with Gasteiger partial charge in [0.25, 0.3) is 0 Å². The van der Waals surface area contributed by atoms with Crippen LogP contribution in [0.25, 0.3) is 0 Å². The fraction of sp³-hybridized carbons (Fsp3) is 0.0667. The number of carbonyl (C=O) groups excluding carboxylic acids is 1. The molecule has 0 aromatic heterocycles. The Labute approximate surface area is 127 Å². The van der Waals surface area contributed by atoms with Crippen molar-refractivity contribution in [1.29, 1.82) is 0 Å². The third kappa shape index (κ3) is 4.22. The van der Waals surface area contributed by atoms with Gasteiger partial charge in [-0.15, -0.1) is 0 Å². The predicted molar refractivity (Wildman–Crippen MR) is 84.0 cm³/mol. The summed E-state index contributed by atoms with van der Waals surface area (Å²) in [5, 5.41) is 16.2. The van der Waals surface area contributed by atoms with Crippen LogP contribution >= 0.6 is 11.6 Å². The smallest absolute Gasteiger partial charge is 0.339 e. The second-order valence-electron chi connectivity index (χ2n) is 4.33. The van der Waals surface area contributed by atoms with Crippen molar-refractivity contribution in [2.24, 2.45) is 5.10 Å². The summed E-state index contributed by atoms with van der Waals surface area (Å²) < 4.78 is 0. The van der Waals surface area contributed by atoms with Gasteiger partial charge in [0.2, 0.25) is 0 Å². The van der Waals surface area contributed by atoms with E-state index in [0.29, 0.717) is 10.7 Å². The van der Waals surface area contributed by atoms with Crippen molar-refractivity contribution in [1.82, 2.24) is 5.43 Å². The van der Waals surface area contributed by atoms with Crippen molar-refractivity contribution in [2.45, 2.75) is 6.92 Å². The molecule has 0 unspecified atom stereocenters. The SMILES string of the molecule is Cc1c(Cl)cccc1NC(=O)N/N=C/c1ccc(O)cc1. The molecule has 0 aliphatic rings. The van der Waals surface area contributed by atoms with Gasteiger partial charge in [-0.2, -0.15) is 5.10 Å². The van der Waals surface area contributed by atoms with E-state index in [-0.39, 0.29) is 5.75 Å². The summed E-state index contributed by atoms with van der Waals surface area (Å²) in [5.41, 5.74) is 4.52. The molecule has 0 aliphatic carbocycles. The molecule has 5 nitrogen and oxygen atoms in total. The molecule has 6 heteroatoms. The number of hydrogen-bond acceptors (Lipinski definition) is 3. The molecule has 0 saturated heterocycles. The van der Waals surface area contributed by atoms with E-state index < -0.39 is 6.03 Å². The highest BCUT2D eigenvalue weighted by Gasteiger charge is 2.05. The van der Waals surface area contributed by atoms with Crippen molar-refractivity contribution >= 4 is 29.5 Å². The summed E-state index contributed by atoms with van der Waals surface area (Å²) in [4.78, 5) is 11.7. The first-order valence-electron chi connectivity index (χ1n) is 6.20. The van der Waals surface area contributed by atoms with E-state index in [1.54, 1.807) is 30.3 Å². The average Bonchev–Trinajstić information content (AvgIpc) is 2.46. The molecule has 2 aromatic rings. The summed E-state index contributed by atoms with van der Waals surface area (Å²) in [6, 6.07) is 11.2. The Bertz CT molecular complexity index is 669. The lowest BCUT2D eigenvalue weighted by Crippen LogP contribution is -2.24. The van der Waals surface area contributed by atoms with Crippen LogP contribution in [-0.4, -0.2) is 17.4 Å². The van der Waals surface area contributed by atoms with Crippen LogP contribution in [0, 0.1) is 6.92 Å². The number of amides is 2. The van der Waals surface area contributed by atoms with Crippen molar-refractivity contribution in [3.63, 3.8) is 0 Å². The van der Waals surface area contributed by atoms with Crippen LogP contribution in [0.4, 0.5) is 10.5 Å². The summed E-state index contributed by atoms with van der Waals surface area (Å²) >= 11 is 5.97. The quantitative estimate of drug-likeness (QED) is 0.599. The number of hydrazone groups is 1. The Morgan fingerprint density at radius 2 is 1.95 bits per heavy atom. The molecule has 2 amide bonds. The lowest BCUT2D eigenvalue weighted by atomic mass is 10.2. The molecule has 0 fully saturated rings. The van der Waals surface area contributed by atoms with Gasteiger partial charge in [-0.25, -0.2) is 10.2 Å². The number of aromatic hydroxyl groups is 1. The Morgan fingerprint density at radius 1 is 1.24 bits per heavy atom. The molecular formula is C15H14ClN3O2. The molecule has 0 heterocycles. The van der Waals surface area contributed by atoms with Crippen LogP contribution < -0.4 is 10.7 Å². The van der Waals surface area contributed by atoms with E-state index in [4.69, 9.17) is 16.7 Å². The zero-order valence-corrected chi connectivity index (χ0v) is 12.1. The first kappa shape index (κ1) is 14.9. The molecule has 21 heavy (non-hydrogen) atoms. The van der Waals surface area contributed by atoms with E-state index in [1.807, 2.05) is 6.92 Å². The fourth-order valence-corrected chi connectivity index (χ4v) is 1.79. The van der Waals surface area contributed by atoms with Gasteiger partial charge in [0.1, 0.15) is 5.75 Å². The van der Waals surface area contributed by atoms with E-state index in [0.717, 1.165) is 11.1 Å². The third-order valence-corrected chi connectivity index (χ3v) is 3.20. The van der Waals surface area contributed by atoms with Gasteiger partial charge in [0.05, 0.1) is 6.21 Å². The number of phenols is 1. The van der Waals surface area contributed by atoms with E-state index in [2.05, 4.69) is 15.8 Å². The first-order valence-corrected chi connectivity index (χ1v) is 6.58. The van der Waals surface area contributed by atoms with Gasteiger partial charge in [-0.1, -0.05) is 17.7 Å². The van der Waals surface area contributed by atoms with Crippen LogP contribution in [0.2, 0.25) is 5.02 Å². The first-order chi connectivity index (χ1) is 10.1. The van der Waals surface area contributed by atoms with E-state index >= 15 is 0 Å². The van der Waals surface area contributed by atoms with Crippen LogP contribution in [0.3, 0.4) is 0 Å². The van der Waals surface area contributed by atoms with Crippen LogP contribution in [0.5, 0.6) is 5.75 Å². The molecule has 0 radical (unpaired) electrons. The van der Waals surface area contributed by atoms with Crippen LogP contribution in [0.1, 0.15) is 11.1 Å². The monoisotopic (exact) mass is 303 g/mol. The Hall–Kier alpha value is -2.53. The number of anilines is 1. The molecule has 3 N–H and O–H groups in total. The number of hydrogen-bond donors (Lipinski definition) is 3.